The number of benzene rings is 2. The number of nitrogens with zero attached hydrogens (tertiary/aromatic N) is 6. The Bertz CT molecular complexity index is 1790. The van der Waals surface area contributed by atoms with Crippen molar-refractivity contribution in [1.29, 1.82) is 0 Å². The van der Waals surface area contributed by atoms with Crippen molar-refractivity contribution in [2.75, 3.05) is 32.7 Å². The van der Waals surface area contributed by atoms with E-state index in [0.717, 1.165) is 0 Å². The number of likely N-dealkylation sites (tertiary alicyclic amines) is 1. The molecule has 14 heteroatoms. The third-order valence-electron chi connectivity index (χ3n) is 8.88. The van der Waals surface area contributed by atoms with Crippen molar-refractivity contribution in [3.63, 3.8) is 0 Å². The third kappa shape index (κ3) is 7.85. The van der Waals surface area contributed by atoms with Gasteiger partial charge in [0, 0.05) is 57.2 Å². The summed E-state index contributed by atoms with van der Waals surface area (Å²) < 4.78 is 24.7. The highest BCUT2D eigenvalue weighted by atomic mass is 19.1. The van der Waals surface area contributed by atoms with Crippen LogP contribution >= 0.6 is 0 Å². The molecular weight excluding hydrogens is 633 g/mol. The topological polar surface area (TPSA) is 155 Å². The zero-order valence-corrected chi connectivity index (χ0v) is 27.2. The predicted octanol–water partition coefficient (Wildman–Crippen LogP) is 3.66. The quantitative estimate of drug-likeness (QED) is 0.323. The fourth-order valence-electron chi connectivity index (χ4n) is 6.36. The Hall–Kier alpha value is -5.40. The molecule has 2 aliphatic rings. The van der Waals surface area contributed by atoms with Crippen LogP contribution in [-0.4, -0.2) is 98.4 Å². The van der Waals surface area contributed by atoms with Gasteiger partial charge in [0.1, 0.15) is 17.6 Å². The summed E-state index contributed by atoms with van der Waals surface area (Å²) in [6, 6.07) is 15.3. The highest BCUT2D eigenvalue weighted by molar-refractivity contribution is 5.95. The highest BCUT2D eigenvalue weighted by Gasteiger charge is 2.43. The Kier molecular flexibility index (Phi) is 10.4. The first-order valence-electron chi connectivity index (χ1n) is 16.5. The summed E-state index contributed by atoms with van der Waals surface area (Å²) in [6.07, 6.45) is 2.05. The molecule has 256 valence electrons. The van der Waals surface area contributed by atoms with Crippen LogP contribution in [0.1, 0.15) is 64.6 Å². The predicted molar refractivity (Wildman–Crippen MR) is 173 cm³/mol. The molecule has 2 bridgehead atoms. The Morgan fingerprint density at radius 2 is 1.69 bits per heavy atom. The number of rotatable bonds is 6. The molecule has 2 atom stereocenters. The third-order valence-corrected chi connectivity index (χ3v) is 8.88. The number of carbonyl (C=O) groups is 4. The molecule has 2 aromatic carbocycles. The number of nitrogens with one attached hydrogen (secondary N) is 1. The normalized spacial score (nSPS) is 19.0. The first kappa shape index (κ1) is 33.5. The van der Waals surface area contributed by atoms with E-state index in [1.54, 1.807) is 65.3 Å². The summed E-state index contributed by atoms with van der Waals surface area (Å²) in [5.41, 5.74) is 0.902. The molecule has 6 rings (SSSR count). The van der Waals surface area contributed by atoms with Crippen molar-refractivity contribution >= 4 is 23.6 Å². The molecule has 2 fully saturated rings. The molecule has 1 N–H and O–H groups in total. The van der Waals surface area contributed by atoms with Crippen molar-refractivity contribution in [2.24, 2.45) is 0 Å². The van der Waals surface area contributed by atoms with Gasteiger partial charge in [0.2, 0.25) is 23.5 Å². The number of hydrogen-bond acceptors (Lipinski definition) is 9. The summed E-state index contributed by atoms with van der Waals surface area (Å²) in [4.78, 5) is 63.8. The minimum absolute atomic E-state index is 0.0272. The minimum Gasteiger partial charge on any atom is -0.361 e. The Labute approximate surface area is 282 Å². The zero-order valence-electron chi connectivity index (χ0n) is 27.2. The van der Waals surface area contributed by atoms with Crippen LogP contribution in [0.2, 0.25) is 0 Å². The van der Waals surface area contributed by atoms with E-state index < -0.39 is 17.9 Å². The van der Waals surface area contributed by atoms with Crippen LogP contribution in [0.5, 0.6) is 0 Å². The Balaban J connectivity index is 1.20. The SMILES string of the molecule is Cc1cc(C(=O)N2CCCCNC(=O)[C@@H]3C[C@@H](CN3C(=O)CCc3nc(-c4ccccc4F)no3)N(C(=O)c3ccccc3)CCC2)no1. The van der Waals surface area contributed by atoms with E-state index in [-0.39, 0.29) is 72.4 Å². The minimum atomic E-state index is -0.781. The van der Waals surface area contributed by atoms with Gasteiger partial charge in [-0.2, -0.15) is 4.98 Å². The number of fused-ring (bicyclic) bond motifs is 2. The van der Waals surface area contributed by atoms with Crippen molar-refractivity contribution in [1.82, 2.24) is 35.3 Å². The van der Waals surface area contributed by atoms with Gasteiger partial charge >= 0.3 is 0 Å². The Morgan fingerprint density at radius 1 is 0.918 bits per heavy atom. The molecule has 2 saturated heterocycles. The van der Waals surface area contributed by atoms with E-state index in [1.807, 2.05) is 6.07 Å². The maximum atomic E-state index is 14.2. The average molecular weight is 672 g/mol. The molecular formula is C35H38FN7O6. The molecule has 0 saturated carbocycles. The lowest BCUT2D eigenvalue weighted by atomic mass is 10.1. The van der Waals surface area contributed by atoms with E-state index in [2.05, 4.69) is 20.6 Å². The number of amides is 4. The fraction of sp³-hybridized carbons (Fsp3) is 0.400. The molecule has 2 aromatic heterocycles. The van der Waals surface area contributed by atoms with Gasteiger partial charge in [0.15, 0.2) is 5.69 Å². The molecule has 0 spiro atoms. The van der Waals surface area contributed by atoms with Gasteiger partial charge in [-0.3, -0.25) is 19.2 Å². The molecule has 4 amide bonds. The second kappa shape index (κ2) is 15.2. The first-order valence-corrected chi connectivity index (χ1v) is 16.5. The van der Waals surface area contributed by atoms with E-state index in [1.165, 1.54) is 11.0 Å². The number of hydrogen-bond donors (Lipinski definition) is 1. The van der Waals surface area contributed by atoms with Gasteiger partial charge in [-0.05, 0) is 56.9 Å². The van der Waals surface area contributed by atoms with Gasteiger partial charge in [-0.25, -0.2) is 4.39 Å². The van der Waals surface area contributed by atoms with Crippen LogP contribution in [0.15, 0.2) is 69.7 Å². The second-order valence-corrected chi connectivity index (χ2v) is 12.3. The molecule has 2 aliphatic heterocycles. The monoisotopic (exact) mass is 671 g/mol. The van der Waals surface area contributed by atoms with Crippen LogP contribution in [-0.2, 0) is 16.0 Å². The van der Waals surface area contributed by atoms with E-state index in [0.29, 0.717) is 56.8 Å². The van der Waals surface area contributed by atoms with E-state index >= 15 is 0 Å². The Morgan fingerprint density at radius 3 is 2.47 bits per heavy atom. The summed E-state index contributed by atoms with van der Waals surface area (Å²) in [5, 5.41) is 10.7. The van der Waals surface area contributed by atoms with Crippen LogP contribution in [0.4, 0.5) is 4.39 Å². The fourth-order valence-corrected chi connectivity index (χ4v) is 6.36. The van der Waals surface area contributed by atoms with Crippen LogP contribution < -0.4 is 5.32 Å². The molecule has 49 heavy (non-hydrogen) atoms. The van der Waals surface area contributed by atoms with Gasteiger partial charge in [-0.1, -0.05) is 40.6 Å². The molecule has 13 nitrogen and oxygen atoms in total. The van der Waals surface area contributed by atoms with Crippen molar-refractivity contribution < 1.29 is 32.6 Å². The van der Waals surface area contributed by atoms with Crippen molar-refractivity contribution in [3.8, 4) is 11.4 Å². The zero-order chi connectivity index (χ0) is 34.3. The standard InChI is InChI=1S/C35H38FN7O6/c1-23-20-28(39-48-23)35(47)41-17-8-7-16-37-33(45)29-21-25(42(19-9-18-41)34(46)24-10-3-2-4-11-24)22-43(29)31(44)15-14-30-38-32(40-49-30)26-12-5-6-13-27(26)36/h2-6,10-13,20,25,29H,7-9,14-19,21-22H2,1H3,(H,37,45)/t25-,29-/m0/s1. The largest absolute Gasteiger partial charge is 0.361 e. The summed E-state index contributed by atoms with van der Waals surface area (Å²) in [7, 11) is 0. The lowest BCUT2D eigenvalue weighted by Gasteiger charge is -2.30. The van der Waals surface area contributed by atoms with Crippen LogP contribution in [0.3, 0.4) is 0 Å². The van der Waals surface area contributed by atoms with Gasteiger partial charge in [-0.15, -0.1) is 0 Å². The summed E-state index contributed by atoms with van der Waals surface area (Å²) in [5.74, 6) is -0.777. The lowest BCUT2D eigenvalue weighted by molar-refractivity contribution is -0.138. The van der Waals surface area contributed by atoms with Gasteiger partial charge in [0.05, 0.1) is 11.6 Å². The smallest absolute Gasteiger partial charge is 0.276 e. The first-order chi connectivity index (χ1) is 23.8. The van der Waals surface area contributed by atoms with E-state index in [4.69, 9.17) is 9.05 Å². The second-order valence-electron chi connectivity index (χ2n) is 12.3. The summed E-state index contributed by atoms with van der Waals surface area (Å²) in [6.45, 7) is 3.37. The molecule has 0 aliphatic carbocycles. The van der Waals surface area contributed by atoms with Crippen LogP contribution in [0.25, 0.3) is 11.4 Å². The van der Waals surface area contributed by atoms with Gasteiger partial charge in [0.25, 0.3) is 11.8 Å². The number of aryl methyl sites for hydroxylation is 2. The maximum Gasteiger partial charge on any atom is 0.276 e. The van der Waals surface area contributed by atoms with Gasteiger partial charge < -0.3 is 29.1 Å². The van der Waals surface area contributed by atoms with Crippen molar-refractivity contribution in [3.05, 3.63) is 89.4 Å². The van der Waals surface area contributed by atoms with Crippen molar-refractivity contribution in [2.45, 2.75) is 57.5 Å². The average Bonchev–Trinajstić information content (AvgIpc) is 3.88. The lowest BCUT2D eigenvalue weighted by Crippen LogP contribution is -2.46. The van der Waals surface area contributed by atoms with Crippen LogP contribution in [0, 0.1) is 12.7 Å². The molecule has 0 radical (unpaired) electrons. The number of aromatic nitrogens is 3. The maximum absolute atomic E-state index is 14.2. The number of carbonyl (C=O) groups excluding carboxylic acids is 4. The molecule has 4 aromatic rings. The molecule has 4 heterocycles. The number of halogens is 1. The summed E-state index contributed by atoms with van der Waals surface area (Å²) >= 11 is 0. The van der Waals surface area contributed by atoms with E-state index in [9.17, 15) is 23.6 Å². The highest BCUT2D eigenvalue weighted by Crippen LogP contribution is 2.27. The molecule has 0 unspecified atom stereocenters.